The molecular weight excluding hydrogens is 323 g/mol. The standard InChI is InChI=1S/C15H17FN2O2S2/c16-14-3-1-12(2-4-14)11-22(19,20)18-8-5-13(6-9-18)15-17-7-10-21-15/h1-4,7,10,13H,5-6,8-9,11H2. The summed E-state index contributed by atoms with van der Waals surface area (Å²) in [6.07, 6.45) is 3.39. The Kier molecular flexibility index (Phi) is 4.56. The third kappa shape index (κ3) is 3.53. The van der Waals surface area contributed by atoms with Crippen molar-refractivity contribution in [3.63, 3.8) is 0 Å². The van der Waals surface area contributed by atoms with Crippen molar-refractivity contribution < 1.29 is 12.8 Å². The molecule has 3 rings (SSSR count). The van der Waals surface area contributed by atoms with Gasteiger partial charge in [-0.15, -0.1) is 11.3 Å². The van der Waals surface area contributed by atoms with Crippen molar-refractivity contribution in [1.82, 2.24) is 9.29 Å². The van der Waals surface area contributed by atoms with Gasteiger partial charge in [-0.1, -0.05) is 12.1 Å². The van der Waals surface area contributed by atoms with Crippen molar-refractivity contribution in [2.75, 3.05) is 13.1 Å². The molecular formula is C15H17FN2O2S2. The summed E-state index contributed by atoms with van der Waals surface area (Å²) in [5, 5.41) is 3.04. The predicted octanol–water partition coefficient (Wildman–Crippen LogP) is 2.99. The summed E-state index contributed by atoms with van der Waals surface area (Å²) in [6, 6.07) is 5.63. The molecule has 0 bridgehead atoms. The molecule has 0 amide bonds. The molecule has 0 spiro atoms. The monoisotopic (exact) mass is 340 g/mol. The average Bonchev–Trinajstić information content (AvgIpc) is 3.04. The summed E-state index contributed by atoms with van der Waals surface area (Å²) < 4.78 is 39.3. The number of sulfonamides is 1. The highest BCUT2D eigenvalue weighted by atomic mass is 32.2. The van der Waals surface area contributed by atoms with E-state index in [1.807, 2.05) is 5.38 Å². The lowest BCUT2D eigenvalue weighted by molar-refractivity contribution is 0.319. The van der Waals surface area contributed by atoms with Crippen molar-refractivity contribution in [2.24, 2.45) is 0 Å². The van der Waals surface area contributed by atoms with Crippen LogP contribution in [0.4, 0.5) is 4.39 Å². The van der Waals surface area contributed by atoms with Crippen LogP contribution >= 0.6 is 11.3 Å². The van der Waals surface area contributed by atoms with Gasteiger partial charge in [0.25, 0.3) is 0 Å². The van der Waals surface area contributed by atoms with Gasteiger partial charge in [0.1, 0.15) is 5.82 Å². The van der Waals surface area contributed by atoms with Crippen molar-refractivity contribution in [3.8, 4) is 0 Å². The predicted molar refractivity (Wildman–Crippen MR) is 84.7 cm³/mol. The molecule has 1 fully saturated rings. The van der Waals surface area contributed by atoms with Crippen LogP contribution in [0.5, 0.6) is 0 Å². The Labute approximate surface area is 133 Å². The average molecular weight is 340 g/mol. The zero-order chi connectivity index (χ0) is 15.6. The number of rotatable bonds is 4. The molecule has 0 saturated carbocycles. The molecule has 118 valence electrons. The van der Waals surface area contributed by atoms with Crippen LogP contribution in [-0.4, -0.2) is 30.8 Å². The number of thiazole rings is 1. The zero-order valence-corrected chi connectivity index (χ0v) is 13.6. The Morgan fingerprint density at radius 2 is 1.91 bits per heavy atom. The van der Waals surface area contributed by atoms with Gasteiger partial charge >= 0.3 is 0 Å². The fraction of sp³-hybridized carbons (Fsp3) is 0.400. The molecule has 1 saturated heterocycles. The Bertz CT molecular complexity index is 707. The van der Waals surface area contributed by atoms with Crippen LogP contribution in [-0.2, 0) is 15.8 Å². The fourth-order valence-corrected chi connectivity index (χ4v) is 5.07. The first-order valence-corrected chi connectivity index (χ1v) is 9.65. The van der Waals surface area contributed by atoms with Crippen LogP contribution in [0.3, 0.4) is 0 Å². The van der Waals surface area contributed by atoms with E-state index in [4.69, 9.17) is 0 Å². The van der Waals surface area contributed by atoms with E-state index in [1.165, 1.54) is 24.3 Å². The second-order valence-electron chi connectivity index (χ2n) is 5.43. The van der Waals surface area contributed by atoms with Gasteiger partial charge in [0.2, 0.25) is 10.0 Å². The topological polar surface area (TPSA) is 50.3 Å². The number of piperidine rings is 1. The number of nitrogens with zero attached hydrogens (tertiary/aromatic N) is 2. The van der Waals surface area contributed by atoms with Gasteiger partial charge in [0, 0.05) is 30.6 Å². The molecule has 2 heterocycles. The third-order valence-corrected chi connectivity index (χ3v) is 6.70. The van der Waals surface area contributed by atoms with E-state index in [0.717, 1.165) is 17.8 Å². The van der Waals surface area contributed by atoms with E-state index in [-0.39, 0.29) is 11.6 Å². The maximum atomic E-state index is 12.9. The summed E-state index contributed by atoms with van der Waals surface area (Å²) >= 11 is 1.63. The van der Waals surface area contributed by atoms with Gasteiger partial charge in [-0.3, -0.25) is 0 Å². The van der Waals surface area contributed by atoms with E-state index in [2.05, 4.69) is 4.98 Å². The summed E-state index contributed by atoms with van der Waals surface area (Å²) in [4.78, 5) is 4.32. The minimum absolute atomic E-state index is 0.0742. The molecule has 0 unspecified atom stereocenters. The van der Waals surface area contributed by atoms with Gasteiger partial charge in [-0.05, 0) is 30.5 Å². The maximum Gasteiger partial charge on any atom is 0.218 e. The van der Waals surface area contributed by atoms with Gasteiger partial charge in [-0.2, -0.15) is 0 Å². The lowest BCUT2D eigenvalue weighted by Crippen LogP contribution is -2.38. The van der Waals surface area contributed by atoms with Crippen LogP contribution in [0, 0.1) is 5.82 Å². The SMILES string of the molecule is O=S(=O)(Cc1ccc(F)cc1)N1CCC(c2nccs2)CC1. The summed E-state index contributed by atoms with van der Waals surface area (Å²) in [5.74, 6) is -0.0717. The first-order valence-electron chi connectivity index (χ1n) is 7.16. The molecule has 0 radical (unpaired) electrons. The van der Waals surface area contributed by atoms with Crippen LogP contribution in [0.1, 0.15) is 29.3 Å². The van der Waals surface area contributed by atoms with E-state index in [9.17, 15) is 12.8 Å². The van der Waals surface area contributed by atoms with Crippen molar-refractivity contribution in [2.45, 2.75) is 24.5 Å². The van der Waals surface area contributed by atoms with Crippen molar-refractivity contribution in [1.29, 1.82) is 0 Å². The Morgan fingerprint density at radius 1 is 1.23 bits per heavy atom. The first kappa shape index (κ1) is 15.6. The van der Waals surface area contributed by atoms with Crippen LogP contribution < -0.4 is 0 Å². The number of aromatic nitrogens is 1. The molecule has 2 aromatic rings. The summed E-state index contributed by atoms with van der Waals surface area (Å²) in [7, 11) is -3.35. The van der Waals surface area contributed by atoms with E-state index < -0.39 is 10.0 Å². The van der Waals surface area contributed by atoms with Crippen LogP contribution in [0.2, 0.25) is 0 Å². The quantitative estimate of drug-likeness (QED) is 0.860. The molecule has 1 aliphatic heterocycles. The Balaban J connectivity index is 1.63. The van der Waals surface area contributed by atoms with Gasteiger partial charge in [-0.25, -0.2) is 22.1 Å². The minimum atomic E-state index is -3.35. The first-order chi connectivity index (χ1) is 10.5. The highest BCUT2D eigenvalue weighted by molar-refractivity contribution is 7.88. The number of benzene rings is 1. The third-order valence-electron chi connectivity index (χ3n) is 3.91. The van der Waals surface area contributed by atoms with E-state index in [0.29, 0.717) is 24.6 Å². The summed E-state index contributed by atoms with van der Waals surface area (Å²) in [6.45, 7) is 1.04. The second-order valence-corrected chi connectivity index (χ2v) is 8.32. The molecule has 1 aromatic heterocycles. The minimum Gasteiger partial charge on any atom is -0.249 e. The largest absolute Gasteiger partial charge is 0.249 e. The Morgan fingerprint density at radius 3 is 2.50 bits per heavy atom. The van der Waals surface area contributed by atoms with Gasteiger partial charge in [0.15, 0.2) is 0 Å². The lowest BCUT2D eigenvalue weighted by Gasteiger charge is -2.30. The van der Waals surface area contributed by atoms with Crippen molar-refractivity contribution >= 4 is 21.4 Å². The van der Waals surface area contributed by atoms with Crippen LogP contribution in [0.15, 0.2) is 35.8 Å². The molecule has 1 aliphatic rings. The number of halogens is 1. The molecule has 0 N–H and O–H groups in total. The van der Waals surface area contributed by atoms with Gasteiger partial charge in [0.05, 0.1) is 10.8 Å². The lowest BCUT2D eigenvalue weighted by atomic mass is 9.99. The van der Waals surface area contributed by atoms with Gasteiger partial charge < -0.3 is 0 Å². The second kappa shape index (κ2) is 6.44. The number of hydrogen-bond donors (Lipinski definition) is 0. The zero-order valence-electron chi connectivity index (χ0n) is 12.0. The summed E-state index contributed by atoms with van der Waals surface area (Å²) in [5.41, 5.74) is 0.614. The Hall–Kier alpha value is -1.31. The van der Waals surface area contributed by atoms with Crippen LogP contribution in [0.25, 0.3) is 0 Å². The van der Waals surface area contributed by atoms with Crippen molar-refractivity contribution in [3.05, 3.63) is 52.2 Å². The highest BCUT2D eigenvalue weighted by Crippen LogP contribution is 2.30. The normalized spacial score (nSPS) is 17.7. The smallest absolute Gasteiger partial charge is 0.218 e. The molecule has 22 heavy (non-hydrogen) atoms. The fourth-order valence-electron chi connectivity index (χ4n) is 2.70. The number of hydrogen-bond acceptors (Lipinski definition) is 4. The molecule has 1 aromatic carbocycles. The molecule has 7 heteroatoms. The molecule has 0 atom stereocenters. The maximum absolute atomic E-state index is 12.9. The highest BCUT2D eigenvalue weighted by Gasteiger charge is 2.29. The molecule has 0 aliphatic carbocycles. The molecule has 4 nitrogen and oxygen atoms in total. The van der Waals surface area contributed by atoms with E-state index in [1.54, 1.807) is 21.8 Å². The van der Waals surface area contributed by atoms with E-state index >= 15 is 0 Å².